The Kier molecular flexibility index (Phi) is 5.57. The topological polar surface area (TPSA) is 0 Å². The normalized spacial score (nSPS) is 24.4. The maximum atomic E-state index is 2.39. The zero-order chi connectivity index (χ0) is 13.4. The fraction of sp³-hybridized carbons (Fsp3) is 0. The van der Waals surface area contributed by atoms with Gasteiger partial charge >= 0.3 is 163 Å². The Morgan fingerprint density at radius 3 is 1.90 bits per heavy atom. The van der Waals surface area contributed by atoms with Crippen molar-refractivity contribution < 1.29 is 0 Å². The van der Waals surface area contributed by atoms with Crippen LogP contribution in [0.2, 0.25) is 0 Å². The molecular weight excluding hydrogens is 588 g/mol. The Bertz CT molecular complexity index is 600. The van der Waals surface area contributed by atoms with E-state index in [1.807, 2.05) is 47.0 Å². The molecule has 0 N–H and O–H groups in total. The van der Waals surface area contributed by atoms with Gasteiger partial charge in [-0.2, -0.15) is 0 Å². The van der Waals surface area contributed by atoms with Crippen LogP contribution in [0.15, 0.2) is 55.7 Å². The summed E-state index contributed by atoms with van der Waals surface area (Å²) in [7, 11) is 0. The molecule has 4 aliphatic rings. The summed E-state index contributed by atoms with van der Waals surface area (Å²) < 4.78 is 9.54. The van der Waals surface area contributed by atoms with Crippen LogP contribution in [0, 0.1) is 0 Å². The summed E-state index contributed by atoms with van der Waals surface area (Å²) in [4.78, 5) is 9.48. The van der Waals surface area contributed by atoms with Gasteiger partial charge in [-0.05, 0) is 0 Å². The van der Waals surface area contributed by atoms with Crippen LogP contribution in [0.3, 0.4) is 0 Å². The van der Waals surface area contributed by atoms with Gasteiger partial charge < -0.3 is 0 Å². The molecule has 0 aromatic carbocycles. The molecule has 102 valence electrons. The van der Waals surface area contributed by atoms with Gasteiger partial charge in [-0.15, -0.1) is 0 Å². The van der Waals surface area contributed by atoms with Crippen molar-refractivity contribution in [1.82, 2.24) is 0 Å². The summed E-state index contributed by atoms with van der Waals surface area (Å²) in [6, 6.07) is 0. The number of allylic oxidation sites excluding steroid dienone is 2. The van der Waals surface area contributed by atoms with E-state index >= 15 is 0 Å². The average molecular weight is 594 g/mol. The Morgan fingerprint density at radius 1 is 0.650 bits per heavy atom. The van der Waals surface area contributed by atoms with Crippen molar-refractivity contribution in [3.8, 4) is 0 Å². The molecular formula is C12H6S4Se4. The van der Waals surface area contributed by atoms with Gasteiger partial charge in [0.25, 0.3) is 0 Å². The number of hydrogen-bond acceptors (Lipinski definition) is 4. The number of hydrogen-bond donors (Lipinski definition) is 0. The molecule has 4 heterocycles. The Morgan fingerprint density at radius 2 is 1.25 bits per heavy atom. The van der Waals surface area contributed by atoms with Gasteiger partial charge in [0.15, 0.2) is 0 Å². The first-order valence-corrected chi connectivity index (χ1v) is 16.1. The molecule has 0 unspecified atom stereocenters. The molecule has 0 radical (unpaired) electrons. The molecule has 0 spiro atoms. The monoisotopic (exact) mass is 598 g/mol. The van der Waals surface area contributed by atoms with Gasteiger partial charge in [-0.1, -0.05) is 0 Å². The molecule has 0 saturated heterocycles. The van der Waals surface area contributed by atoms with E-state index in [1.165, 1.54) is 12.7 Å². The van der Waals surface area contributed by atoms with E-state index < -0.39 is 0 Å². The van der Waals surface area contributed by atoms with Crippen LogP contribution in [0.25, 0.3) is 0 Å². The summed E-state index contributed by atoms with van der Waals surface area (Å²) in [5.41, 5.74) is 0. The number of rotatable bonds is 1. The predicted octanol–water partition coefficient (Wildman–Crippen LogP) is 3.67. The van der Waals surface area contributed by atoms with Crippen molar-refractivity contribution in [3.05, 3.63) is 55.7 Å². The molecule has 0 aromatic heterocycles. The zero-order valence-corrected chi connectivity index (χ0v) is 19.8. The molecule has 20 heavy (non-hydrogen) atoms. The fourth-order valence-corrected chi connectivity index (χ4v) is 18.2. The van der Waals surface area contributed by atoms with E-state index in [0.717, 1.165) is 0 Å². The van der Waals surface area contributed by atoms with Gasteiger partial charge in [0.2, 0.25) is 0 Å². The van der Waals surface area contributed by atoms with Gasteiger partial charge in [-0.25, -0.2) is 0 Å². The molecule has 4 rings (SSSR count). The summed E-state index contributed by atoms with van der Waals surface area (Å²) in [5.74, 6) is 0. The third kappa shape index (κ3) is 3.53. The van der Waals surface area contributed by atoms with Crippen molar-refractivity contribution in [2.45, 2.75) is 0 Å². The second kappa shape index (κ2) is 7.21. The van der Waals surface area contributed by atoms with Gasteiger partial charge in [0, 0.05) is 0 Å². The fourth-order valence-electron chi connectivity index (χ4n) is 1.49. The summed E-state index contributed by atoms with van der Waals surface area (Å²) in [6.45, 7) is 0. The average Bonchev–Trinajstić information content (AvgIpc) is 3.19. The Balaban J connectivity index is 1.41. The van der Waals surface area contributed by atoms with Crippen molar-refractivity contribution in [2.24, 2.45) is 0 Å². The quantitative estimate of drug-likeness (QED) is 0.426. The van der Waals surface area contributed by atoms with Crippen LogP contribution in [0.5, 0.6) is 0 Å². The number of thioether (sulfide) groups is 4. The Labute approximate surface area is 160 Å². The molecule has 0 nitrogen and oxygen atoms in total. The minimum atomic E-state index is 0.641. The molecule has 0 atom stereocenters. The first-order valence-electron chi connectivity index (χ1n) is 5.47. The first-order chi connectivity index (χ1) is 9.88. The van der Waals surface area contributed by atoms with Crippen molar-refractivity contribution in [1.29, 1.82) is 0 Å². The molecule has 4 aliphatic heterocycles. The van der Waals surface area contributed by atoms with Crippen LogP contribution in [-0.4, -0.2) is 59.8 Å². The van der Waals surface area contributed by atoms with Crippen LogP contribution in [0.4, 0.5) is 0 Å². The maximum absolute atomic E-state index is 2.39. The molecule has 0 saturated carbocycles. The summed E-state index contributed by atoms with van der Waals surface area (Å²) in [5, 5.41) is 0. The molecule has 0 amide bonds. The van der Waals surface area contributed by atoms with E-state index in [-0.39, 0.29) is 0 Å². The predicted molar refractivity (Wildman–Crippen MR) is 102 cm³/mol. The van der Waals surface area contributed by atoms with E-state index in [2.05, 4.69) is 32.0 Å². The minimum absolute atomic E-state index is 0.641. The SMILES string of the molecule is C1=C[Se]C(=CC=C2SC3=C(S2)SC(=C2[Se]C=C[Se]2)S3)[Se]1. The van der Waals surface area contributed by atoms with Crippen LogP contribution in [0.1, 0.15) is 0 Å². The molecule has 0 fully saturated rings. The third-order valence-corrected chi connectivity index (χ3v) is 20.5. The second-order valence-corrected chi connectivity index (χ2v) is 19.2. The molecule has 0 bridgehead atoms. The van der Waals surface area contributed by atoms with E-state index in [1.54, 1.807) is 11.0 Å². The van der Waals surface area contributed by atoms with Gasteiger partial charge in [0.1, 0.15) is 0 Å². The van der Waals surface area contributed by atoms with Crippen molar-refractivity contribution in [2.75, 3.05) is 0 Å². The summed E-state index contributed by atoms with van der Waals surface area (Å²) >= 11 is 10.6. The Hall–Kier alpha value is 1.92. The van der Waals surface area contributed by atoms with E-state index in [9.17, 15) is 0 Å². The second-order valence-electron chi connectivity index (χ2n) is 3.55. The third-order valence-electron chi connectivity index (χ3n) is 2.28. The standard InChI is InChI=1S/C12H6S4Se4/c1(2-8-17-3-4-18-8)7-13-9-10(14-7)16-11(15-9)12-19-5-6-20-12/h1-6H. The first kappa shape index (κ1) is 15.4. The molecule has 8 heteroatoms. The van der Waals surface area contributed by atoms with Crippen LogP contribution in [-0.2, 0) is 0 Å². The van der Waals surface area contributed by atoms with Crippen molar-refractivity contribution >= 4 is 107 Å². The molecule has 0 aliphatic carbocycles. The van der Waals surface area contributed by atoms with E-state index in [4.69, 9.17) is 0 Å². The molecule has 0 aromatic rings. The van der Waals surface area contributed by atoms with Crippen LogP contribution >= 0.6 is 47.0 Å². The van der Waals surface area contributed by atoms with Gasteiger partial charge in [0.05, 0.1) is 0 Å². The summed E-state index contributed by atoms with van der Waals surface area (Å²) in [6.07, 6.45) is 4.72. The van der Waals surface area contributed by atoms with Crippen molar-refractivity contribution in [3.63, 3.8) is 0 Å². The van der Waals surface area contributed by atoms with E-state index in [0.29, 0.717) is 59.8 Å². The van der Waals surface area contributed by atoms with Gasteiger partial charge in [-0.3, -0.25) is 0 Å². The zero-order valence-electron chi connectivity index (χ0n) is 9.73. The van der Waals surface area contributed by atoms with Crippen LogP contribution < -0.4 is 0 Å².